The summed E-state index contributed by atoms with van der Waals surface area (Å²) < 4.78 is 10.6. The molecule has 4 heterocycles. The SMILES string of the molecule is c1ccc(-c2nc(-c3ccccc3)nc(-c3ccccc3-c3ccc4c(c3)n(-c3ccccc3)c3nc5oc6ccccc6c5n43)n2)cc1. The van der Waals surface area contributed by atoms with Gasteiger partial charge in [-0.05, 0) is 47.5 Å². The van der Waals surface area contributed by atoms with Crippen LogP contribution >= 0.6 is 0 Å². The molecule has 0 amide bonds. The Morgan fingerprint density at radius 3 is 1.76 bits per heavy atom. The molecule has 6 aromatic carbocycles. The zero-order valence-corrected chi connectivity index (χ0v) is 26.1. The van der Waals surface area contributed by atoms with Crippen molar-refractivity contribution in [3.8, 4) is 51.0 Å². The summed E-state index contributed by atoms with van der Waals surface area (Å²) in [5, 5.41) is 1.03. The van der Waals surface area contributed by atoms with E-state index in [4.69, 9.17) is 24.4 Å². The molecule has 0 saturated carbocycles. The summed E-state index contributed by atoms with van der Waals surface area (Å²) in [5.74, 6) is 2.67. The van der Waals surface area contributed by atoms with Gasteiger partial charge in [0, 0.05) is 27.8 Å². The van der Waals surface area contributed by atoms with Gasteiger partial charge in [-0.15, -0.1) is 0 Å². The predicted molar refractivity (Wildman–Crippen MR) is 194 cm³/mol. The fourth-order valence-electron chi connectivity index (χ4n) is 6.79. The quantitative estimate of drug-likeness (QED) is 0.189. The highest BCUT2D eigenvalue weighted by Gasteiger charge is 2.23. The lowest BCUT2D eigenvalue weighted by Crippen LogP contribution is -2.01. The molecule has 7 heteroatoms. The van der Waals surface area contributed by atoms with E-state index in [1.54, 1.807) is 0 Å². The first-order valence-corrected chi connectivity index (χ1v) is 16.2. The van der Waals surface area contributed by atoms with Gasteiger partial charge in [-0.3, -0.25) is 8.97 Å². The average molecular weight is 631 g/mol. The minimum atomic E-state index is 0.614. The maximum absolute atomic E-state index is 6.21. The Labute approximate surface area is 280 Å². The third kappa shape index (κ3) is 4.37. The van der Waals surface area contributed by atoms with Gasteiger partial charge in [-0.2, -0.15) is 4.98 Å². The van der Waals surface area contributed by atoms with Crippen LogP contribution in [-0.2, 0) is 0 Å². The second kappa shape index (κ2) is 10.9. The first kappa shape index (κ1) is 27.3. The molecule has 0 saturated heterocycles. The van der Waals surface area contributed by atoms with Crippen molar-refractivity contribution in [2.75, 3.05) is 0 Å². The van der Waals surface area contributed by atoms with Gasteiger partial charge in [0.1, 0.15) is 11.1 Å². The first-order valence-electron chi connectivity index (χ1n) is 16.2. The fourth-order valence-corrected chi connectivity index (χ4v) is 6.79. The molecular formula is C42H26N6O. The Kier molecular flexibility index (Phi) is 6.04. The monoisotopic (exact) mass is 630 g/mol. The molecule has 0 bridgehead atoms. The van der Waals surface area contributed by atoms with Gasteiger partial charge in [-0.1, -0.05) is 121 Å². The van der Waals surface area contributed by atoms with Crippen LogP contribution in [0, 0.1) is 0 Å². The van der Waals surface area contributed by atoms with Gasteiger partial charge in [0.15, 0.2) is 17.5 Å². The Morgan fingerprint density at radius 2 is 1.04 bits per heavy atom. The second-order valence-electron chi connectivity index (χ2n) is 12.0. The summed E-state index contributed by atoms with van der Waals surface area (Å²) in [4.78, 5) is 20.0. The van der Waals surface area contributed by atoms with Gasteiger partial charge in [0.2, 0.25) is 11.5 Å². The molecule has 0 unspecified atom stereocenters. The van der Waals surface area contributed by atoms with Crippen molar-refractivity contribution in [1.82, 2.24) is 28.9 Å². The van der Waals surface area contributed by atoms with Crippen molar-refractivity contribution in [2.45, 2.75) is 0 Å². The summed E-state index contributed by atoms with van der Waals surface area (Å²) in [6.45, 7) is 0. The zero-order valence-electron chi connectivity index (χ0n) is 26.1. The van der Waals surface area contributed by atoms with Crippen LogP contribution in [-0.4, -0.2) is 28.9 Å². The van der Waals surface area contributed by atoms with Crippen molar-refractivity contribution in [3.05, 3.63) is 158 Å². The number of hydrogen-bond acceptors (Lipinski definition) is 5. The lowest BCUT2D eigenvalue weighted by atomic mass is 9.98. The van der Waals surface area contributed by atoms with E-state index < -0.39 is 0 Å². The molecule has 49 heavy (non-hydrogen) atoms. The summed E-state index contributed by atoms with van der Waals surface area (Å²) in [5.41, 5.74) is 10.3. The van der Waals surface area contributed by atoms with Gasteiger partial charge in [0.25, 0.3) is 0 Å². The third-order valence-corrected chi connectivity index (χ3v) is 9.03. The molecule has 4 aromatic heterocycles. The Morgan fingerprint density at radius 1 is 0.449 bits per heavy atom. The number of imidazole rings is 2. The van der Waals surface area contributed by atoms with Crippen LogP contribution in [0.25, 0.3) is 90.0 Å². The minimum absolute atomic E-state index is 0.614. The number of hydrogen-bond donors (Lipinski definition) is 0. The molecule has 0 radical (unpaired) electrons. The number of para-hydroxylation sites is 2. The average Bonchev–Trinajstić information content (AvgIpc) is 3.82. The molecule has 0 aliphatic carbocycles. The lowest BCUT2D eigenvalue weighted by molar-refractivity contribution is 0.656. The summed E-state index contributed by atoms with van der Waals surface area (Å²) in [6, 6.07) is 53.5. The standard InChI is InChI=1S/C42H26N6O/c1-4-14-27(15-5-1)38-43-39(28-16-6-2-7-17-28)45-40(44-38)32-21-11-10-20-31(32)29-24-25-34-35(26-29)47(30-18-8-3-9-19-30)42-46-41-37(48(34)42)33-22-12-13-23-36(33)49-41/h1-26H. The fraction of sp³-hybridized carbons (Fsp3) is 0. The van der Waals surface area contributed by atoms with Gasteiger partial charge in [0.05, 0.1) is 11.0 Å². The Bertz CT molecular complexity index is 2760. The van der Waals surface area contributed by atoms with E-state index in [1.165, 1.54) is 0 Å². The highest BCUT2D eigenvalue weighted by atomic mass is 16.3. The number of aromatic nitrogens is 6. The van der Waals surface area contributed by atoms with E-state index in [1.807, 2.05) is 91.0 Å². The first-order chi connectivity index (χ1) is 24.3. The molecular weight excluding hydrogens is 605 g/mol. The number of furan rings is 1. The summed E-state index contributed by atoms with van der Waals surface area (Å²) >= 11 is 0. The molecule has 7 nitrogen and oxygen atoms in total. The number of benzene rings is 6. The third-order valence-electron chi connectivity index (χ3n) is 9.03. The van der Waals surface area contributed by atoms with Crippen LogP contribution in [0.15, 0.2) is 162 Å². The smallest absolute Gasteiger partial charge is 0.248 e. The molecule has 0 aliphatic rings. The van der Waals surface area contributed by atoms with Crippen LogP contribution in [0.1, 0.15) is 0 Å². The lowest BCUT2D eigenvalue weighted by Gasteiger charge is -2.12. The van der Waals surface area contributed by atoms with Gasteiger partial charge < -0.3 is 4.42 Å². The maximum atomic E-state index is 6.21. The predicted octanol–water partition coefficient (Wildman–Crippen LogP) is 10.0. The largest absolute Gasteiger partial charge is 0.436 e. The molecule has 0 fully saturated rings. The topological polar surface area (TPSA) is 74.0 Å². The Hall–Kier alpha value is -6.86. The van der Waals surface area contributed by atoms with Crippen LogP contribution in [0.5, 0.6) is 0 Å². The number of nitrogens with zero attached hydrogens (tertiary/aromatic N) is 6. The summed E-state index contributed by atoms with van der Waals surface area (Å²) in [7, 11) is 0. The van der Waals surface area contributed by atoms with E-state index in [0.29, 0.717) is 23.2 Å². The molecule has 10 aromatic rings. The van der Waals surface area contributed by atoms with E-state index in [2.05, 4.69) is 75.7 Å². The normalized spacial score (nSPS) is 11.7. The minimum Gasteiger partial charge on any atom is -0.436 e. The van der Waals surface area contributed by atoms with Crippen molar-refractivity contribution in [2.24, 2.45) is 0 Å². The van der Waals surface area contributed by atoms with Gasteiger partial charge >= 0.3 is 0 Å². The molecule has 10 rings (SSSR count). The molecule has 0 aliphatic heterocycles. The van der Waals surface area contributed by atoms with E-state index in [-0.39, 0.29) is 0 Å². The number of rotatable bonds is 5. The van der Waals surface area contributed by atoms with Crippen molar-refractivity contribution < 1.29 is 4.42 Å². The van der Waals surface area contributed by atoms with E-state index in [9.17, 15) is 0 Å². The van der Waals surface area contributed by atoms with Crippen molar-refractivity contribution >= 4 is 39.0 Å². The van der Waals surface area contributed by atoms with E-state index >= 15 is 0 Å². The van der Waals surface area contributed by atoms with Crippen LogP contribution < -0.4 is 0 Å². The summed E-state index contributed by atoms with van der Waals surface area (Å²) in [6.07, 6.45) is 0. The van der Waals surface area contributed by atoms with Crippen molar-refractivity contribution in [3.63, 3.8) is 0 Å². The Balaban J connectivity index is 1.22. The molecule has 0 atom stereocenters. The van der Waals surface area contributed by atoms with Gasteiger partial charge in [-0.25, -0.2) is 15.0 Å². The molecule has 230 valence electrons. The van der Waals surface area contributed by atoms with E-state index in [0.717, 1.165) is 66.8 Å². The molecule has 0 N–H and O–H groups in total. The number of fused-ring (bicyclic) bond motifs is 7. The molecule has 0 spiro atoms. The second-order valence-corrected chi connectivity index (χ2v) is 12.0. The highest BCUT2D eigenvalue weighted by Crippen LogP contribution is 2.38. The highest BCUT2D eigenvalue weighted by molar-refractivity contribution is 6.06. The van der Waals surface area contributed by atoms with Crippen LogP contribution in [0.4, 0.5) is 0 Å². The van der Waals surface area contributed by atoms with Crippen LogP contribution in [0.3, 0.4) is 0 Å². The zero-order chi connectivity index (χ0) is 32.3. The maximum Gasteiger partial charge on any atom is 0.248 e. The van der Waals surface area contributed by atoms with Crippen molar-refractivity contribution in [1.29, 1.82) is 0 Å². The van der Waals surface area contributed by atoms with Crippen LogP contribution in [0.2, 0.25) is 0 Å².